The van der Waals surface area contributed by atoms with Crippen molar-refractivity contribution in [3.05, 3.63) is 41.7 Å². The minimum atomic E-state index is -4.36. The lowest BCUT2D eigenvalue weighted by Gasteiger charge is -2.11. The molecule has 2 rings (SSSR count). The van der Waals surface area contributed by atoms with E-state index >= 15 is 0 Å². The maximum atomic E-state index is 13.0. The molecule has 0 unspecified atom stereocenters. The second kappa shape index (κ2) is 8.25. The summed E-state index contributed by atoms with van der Waals surface area (Å²) in [5.41, 5.74) is -0.0120. The number of sulfonamides is 1. The predicted octanol–water partition coefficient (Wildman–Crippen LogP) is 2.37. The van der Waals surface area contributed by atoms with Crippen molar-refractivity contribution >= 4 is 28.1 Å². The molecule has 0 spiro atoms. The fraction of sp³-hybridized carbons (Fsp3) is 0.250. The summed E-state index contributed by atoms with van der Waals surface area (Å²) in [7, 11) is -3.05. The van der Waals surface area contributed by atoms with Crippen LogP contribution >= 0.6 is 0 Å². The number of carbonyl (C=O) groups is 1. The highest BCUT2D eigenvalue weighted by atomic mass is 32.2. The minimum Gasteiger partial charge on any atom is -0.467 e. The van der Waals surface area contributed by atoms with Crippen LogP contribution in [0.25, 0.3) is 6.08 Å². The molecule has 2 aromatic rings. The number of carbonyl (C=O) groups excluding carboxylic acids is 1. The first-order chi connectivity index (χ1) is 13.0. The van der Waals surface area contributed by atoms with Crippen molar-refractivity contribution in [1.82, 2.24) is 19.7 Å². The van der Waals surface area contributed by atoms with E-state index in [0.717, 1.165) is 6.08 Å². The molecule has 1 heterocycles. The van der Waals surface area contributed by atoms with Gasteiger partial charge in [-0.15, -0.1) is 0 Å². The number of aromatic nitrogens is 3. The molecule has 0 saturated carbocycles. The third-order valence-corrected chi connectivity index (χ3v) is 4.53. The molecule has 0 saturated heterocycles. The Bertz CT molecular complexity index is 1010. The predicted molar refractivity (Wildman–Crippen MR) is 96.6 cm³/mol. The van der Waals surface area contributed by atoms with Gasteiger partial charge in [-0.1, -0.05) is 24.3 Å². The van der Waals surface area contributed by atoms with Gasteiger partial charge in [0.25, 0.3) is 15.9 Å². The Balaban J connectivity index is 2.23. The Morgan fingerprint density at radius 1 is 1.21 bits per heavy atom. The SMILES string of the molecule is COc1nc(C)nc(NC(=O)NS(=O)(=O)c2ccccc2C=CC(C)(F)F)n1. The van der Waals surface area contributed by atoms with Gasteiger partial charge in [0.15, 0.2) is 0 Å². The van der Waals surface area contributed by atoms with Gasteiger partial charge in [-0.2, -0.15) is 15.0 Å². The molecule has 0 radical (unpaired) electrons. The molecule has 1 aromatic heterocycles. The minimum absolute atomic E-state index is 0.0120. The normalized spacial score (nSPS) is 12.0. The van der Waals surface area contributed by atoms with Crippen molar-refractivity contribution in [1.29, 1.82) is 0 Å². The smallest absolute Gasteiger partial charge is 0.335 e. The van der Waals surface area contributed by atoms with Gasteiger partial charge in [-0.3, -0.25) is 5.32 Å². The summed E-state index contributed by atoms with van der Waals surface area (Å²) in [4.78, 5) is 23.1. The van der Waals surface area contributed by atoms with Gasteiger partial charge >= 0.3 is 12.0 Å². The highest BCUT2D eigenvalue weighted by molar-refractivity contribution is 7.90. The van der Waals surface area contributed by atoms with Crippen molar-refractivity contribution in [2.24, 2.45) is 0 Å². The number of hydrogen-bond acceptors (Lipinski definition) is 7. The van der Waals surface area contributed by atoms with Crippen LogP contribution in [0, 0.1) is 6.92 Å². The zero-order chi connectivity index (χ0) is 20.9. The Hall–Kier alpha value is -3.15. The van der Waals surface area contributed by atoms with Crippen LogP contribution in [0.5, 0.6) is 6.01 Å². The molecule has 0 aliphatic heterocycles. The average Bonchev–Trinajstić information content (AvgIpc) is 2.58. The van der Waals surface area contributed by atoms with E-state index in [1.807, 2.05) is 0 Å². The van der Waals surface area contributed by atoms with Gasteiger partial charge in [0.2, 0.25) is 5.95 Å². The Labute approximate surface area is 159 Å². The summed E-state index contributed by atoms with van der Waals surface area (Å²) < 4.78 is 57.7. The van der Waals surface area contributed by atoms with Crippen LogP contribution < -0.4 is 14.8 Å². The number of nitrogens with one attached hydrogen (secondary N) is 2. The average molecular weight is 413 g/mol. The summed E-state index contributed by atoms with van der Waals surface area (Å²) in [6, 6.07) is 4.17. The number of ether oxygens (including phenoxy) is 1. The van der Waals surface area contributed by atoms with Crippen molar-refractivity contribution in [2.45, 2.75) is 24.7 Å². The largest absolute Gasteiger partial charge is 0.467 e. The van der Waals surface area contributed by atoms with Crippen LogP contribution in [-0.2, 0) is 10.0 Å². The highest BCUT2D eigenvalue weighted by Crippen LogP contribution is 2.21. The molecule has 0 aliphatic carbocycles. The number of alkyl halides is 2. The second-order valence-electron chi connectivity index (χ2n) is 5.58. The van der Waals surface area contributed by atoms with Crippen molar-refractivity contribution < 1.29 is 26.7 Å². The fourth-order valence-corrected chi connectivity index (χ4v) is 3.12. The lowest BCUT2D eigenvalue weighted by molar-refractivity contribution is 0.0784. The maximum Gasteiger partial charge on any atom is 0.335 e. The monoisotopic (exact) mass is 413 g/mol. The van der Waals surface area contributed by atoms with Gasteiger partial charge < -0.3 is 4.74 Å². The molecule has 0 bridgehead atoms. The van der Waals surface area contributed by atoms with Crippen LogP contribution in [0.4, 0.5) is 19.5 Å². The van der Waals surface area contributed by atoms with E-state index in [0.29, 0.717) is 13.0 Å². The van der Waals surface area contributed by atoms with Gasteiger partial charge in [0.05, 0.1) is 12.0 Å². The Morgan fingerprint density at radius 2 is 1.89 bits per heavy atom. The van der Waals surface area contributed by atoms with Crippen molar-refractivity contribution in [3.8, 4) is 6.01 Å². The van der Waals surface area contributed by atoms with Gasteiger partial charge in [-0.05, 0) is 24.6 Å². The molecular weight excluding hydrogens is 396 g/mol. The van der Waals surface area contributed by atoms with Crippen LogP contribution in [0.1, 0.15) is 18.3 Å². The zero-order valence-corrected chi connectivity index (χ0v) is 15.9. The fourth-order valence-electron chi connectivity index (χ4n) is 2.01. The topological polar surface area (TPSA) is 123 Å². The molecule has 0 aliphatic rings. The van der Waals surface area contributed by atoms with Crippen LogP contribution in [0.15, 0.2) is 35.2 Å². The first-order valence-electron chi connectivity index (χ1n) is 7.77. The summed E-state index contributed by atoms with van der Waals surface area (Å²) in [5, 5.41) is 2.15. The van der Waals surface area contributed by atoms with Gasteiger partial charge in [-0.25, -0.2) is 26.7 Å². The van der Waals surface area contributed by atoms with Crippen molar-refractivity contribution in [2.75, 3.05) is 12.4 Å². The summed E-state index contributed by atoms with van der Waals surface area (Å²) >= 11 is 0. The molecular formula is C16H17F2N5O4S. The number of benzene rings is 1. The van der Waals surface area contributed by atoms with E-state index in [1.165, 1.54) is 38.3 Å². The summed E-state index contributed by atoms with van der Waals surface area (Å²) in [6.45, 7) is 2.19. The highest BCUT2D eigenvalue weighted by Gasteiger charge is 2.22. The first kappa shape index (κ1) is 21.2. The lowest BCUT2D eigenvalue weighted by atomic mass is 10.2. The number of nitrogens with zero attached hydrogens (tertiary/aromatic N) is 3. The summed E-state index contributed by atoms with van der Waals surface area (Å²) in [6.07, 6.45) is 1.52. The number of aryl methyl sites for hydroxylation is 1. The lowest BCUT2D eigenvalue weighted by Crippen LogP contribution is -2.35. The van der Waals surface area contributed by atoms with E-state index in [4.69, 9.17) is 4.74 Å². The van der Waals surface area contributed by atoms with E-state index < -0.39 is 22.0 Å². The molecule has 2 N–H and O–H groups in total. The number of methoxy groups -OCH3 is 1. The Kier molecular flexibility index (Phi) is 6.23. The zero-order valence-electron chi connectivity index (χ0n) is 15.1. The number of anilines is 1. The number of allylic oxidation sites excluding steroid dienone is 1. The van der Waals surface area contributed by atoms with E-state index in [9.17, 15) is 22.0 Å². The number of hydrogen-bond donors (Lipinski definition) is 2. The van der Waals surface area contributed by atoms with Crippen LogP contribution in [-0.4, -0.2) is 42.4 Å². The van der Waals surface area contributed by atoms with Crippen molar-refractivity contribution in [3.63, 3.8) is 0 Å². The van der Waals surface area contributed by atoms with E-state index in [-0.39, 0.29) is 28.2 Å². The quantitative estimate of drug-likeness (QED) is 0.745. The molecule has 0 fully saturated rings. The molecule has 9 nitrogen and oxygen atoms in total. The number of amides is 2. The molecule has 12 heteroatoms. The molecule has 0 atom stereocenters. The summed E-state index contributed by atoms with van der Waals surface area (Å²) in [5.74, 6) is -3.12. The number of rotatable bonds is 6. The second-order valence-corrected chi connectivity index (χ2v) is 7.23. The molecule has 1 aromatic carbocycles. The molecule has 2 amide bonds. The number of halogens is 2. The molecule has 150 valence electrons. The van der Waals surface area contributed by atoms with Gasteiger partial charge in [0, 0.05) is 6.92 Å². The Morgan fingerprint density at radius 3 is 2.54 bits per heavy atom. The third-order valence-electron chi connectivity index (χ3n) is 3.13. The van der Waals surface area contributed by atoms with E-state index in [1.54, 1.807) is 4.72 Å². The van der Waals surface area contributed by atoms with Crippen LogP contribution in [0.3, 0.4) is 0 Å². The van der Waals surface area contributed by atoms with E-state index in [2.05, 4.69) is 20.3 Å². The van der Waals surface area contributed by atoms with Gasteiger partial charge in [0.1, 0.15) is 5.82 Å². The molecule has 28 heavy (non-hydrogen) atoms. The maximum absolute atomic E-state index is 13.0. The van der Waals surface area contributed by atoms with Crippen LogP contribution in [0.2, 0.25) is 0 Å². The standard InChI is InChI=1S/C16H17F2N5O4S/c1-10-19-13(22-15(20-10)27-3)21-14(24)23-28(25,26)12-7-5-4-6-11(12)8-9-16(2,17)18/h4-9H,1-3H3,(H2,19,20,21,22,23,24). The first-order valence-corrected chi connectivity index (χ1v) is 9.25. The number of urea groups is 1. The third kappa shape index (κ3) is 5.94.